The standard InChI is InChI=1S/C16H27N3O2/c1-12(16(21)18-2)10-19(3)11-15(20)14(17)9-13-7-5-4-6-8-13/h4-8,12,14-15,20H,9-11,17H2,1-3H3,(H,18,21). The van der Waals surface area contributed by atoms with Crippen LogP contribution in [0, 0.1) is 5.92 Å². The van der Waals surface area contributed by atoms with E-state index in [1.54, 1.807) is 7.05 Å². The minimum Gasteiger partial charge on any atom is -0.390 e. The zero-order valence-corrected chi connectivity index (χ0v) is 13.1. The van der Waals surface area contributed by atoms with Crippen LogP contribution in [0.4, 0.5) is 0 Å². The van der Waals surface area contributed by atoms with E-state index in [2.05, 4.69) is 5.32 Å². The molecule has 0 saturated carbocycles. The summed E-state index contributed by atoms with van der Waals surface area (Å²) in [5.74, 6) is -0.109. The molecule has 5 nitrogen and oxygen atoms in total. The normalized spacial score (nSPS) is 15.5. The Labute approximate surface area is 127 Å². The maximum Gasteiger partial charge on any atom is 0.223 e. The predicted molar refractivity (Wildman–Crippen MR) is 84.9 cm³/mol. The number of rotatable bonds is 8. The minimum atomic E-state index is -0.618. The average molecular weight is 293 g/mol. The summed E-state index contributed by atoms with van der Waals surface area (Å²) < 4.78 is 0. The number of hydrogen-bond donors (Lipinski definition) is 3. The summed E-state index contributed by atoms with van der Waals surface area (Å²) in [7, 11) is 3.52. The molecule has 1 amide bonds. The third kappa shape index (κ3) is 6.25. The van der Waals surface area contributed by atoms with Gasteiger partial charge in [0.2, 0.25) is 5.91 Å². The van der Waals surface area contributed by atoms with E-state index in [0.717, 1.165) is 5.56 Å². The van der Waals surface area contributed by atoms with Gasteiger partial charge in [-0.15, -0.1) is 0 Å². The van der Waals surface area contributed by atoms with Gasteiger partial charge >= 0.3 is 0 Å². The molecule has 0 bridgehead atoms. The Bertz CT molecular complexity index is 425. The Morgan fingerprint density at radius 3 is 2.52 bits per heavy atom. The van der Waals surface area contributed by atoms with Gasteiger partial charge < -0.3 is 21.1 Å². The van der Waals surface area contributed by atoms with Crippen molar-refractivity contribution in [1.82, 2.24) is 10.2 Å². The summed E-state index contributed by atoms with van der Waals surface area (Å²) in [5, 5.41) is 12.8. The van der Waals surface area contributed by atoms with E-state index in [0.29, 0.717) is 19.5 Å². The quantitative estimate of drug-likeness (QED) is 0.641. The number of nitrogens with one attached hydrogen (secondary N) is 1. The lowest BCUT2D eigenvalue weighted by Crippen LogP contribution is -2.45. The Hall–Kier alpha value is -1.43. The Morgan fingerprint density at radius 2 is 1.95 bits per heavy atom. The molecule has 5 heteroatoms. The second-order valence-electron chi connectivity index (χ2n) is 5.66. The number of aliphatic hydroxyl groups is 1. The molecule has 1 rings (SSSR count). The van der Waals surface area contributed by atoms with Crippen LogP contribution in [-0.4, -0.2) is 55.2 Å². The third-order valence-corrected chi connectivity index (χ3v) is 3.59. The largest absolute Gasteiger partial charge is 0.390 e. The molecule has 118 valence electrons. The lowest BCUT2D eigenvalue weighted by atomic mass is 10.0. The van der Waals surface area contributed by atoms with Gasteiger partial charge in [-0.25, -0.2) is 0 Å². The van der Waals surface area contributed by atoms with Gasteiger partial charge in [-0.2, -0.15) is 0 Å². The lowest BCUT2D eigenvalue weighted by Gasteiger charge is -2.26. The number of carbonyl (C=O) groups excluding carboxylic acids is 1. The zero-order valence-electron chi connectivity index (χ0n) is 13.1. The fourth-order valence-corrected chi connectivity index (χ4v) is 2.35. The molecule has 0 heterocycles. The molecule has 0 aromatic heterocycles. The number of nitrogens with two attached hydrogens (primary N) is 1. The van der Waals surface area contributed by atoms with Crippen LogP contribution in [0.2, 0.25) is 0 Å². The number of nitrogens with zero attached hydrogens (tertiary/aromatic N) is 1. The SMILES string of the molecule is CNC(=O)C(C)CN(C)CC(O)C(N)Cc1ccccc1. The highest BCUT2D eigenvalue weighted by atomic mass is 16.3. The molecule has 0 aliphatic rings. The van der Waals surface area contributed by atoms with Crippen LogP contribution in [-0.2, 0) is 11.2 Å². The number of benzene rings is 1. The van der Waals surface area contributed by atoms with Gasteiger partial charge in [0.15, 0.2) is 0 Å². The lowest BCUT2D eigenvalue weighted by molar-refractivity contribution is -0.124. The van der Waals surface area contributed by atoms with Crippen molar-refractivity contribution in [2.45, 2.75) is 25.5 Å². The maximum absolute atomic E-state index is 11.5. The maximum atomic E-state index is 11.5. The van der Waals surface area contributed by atoms with E-state index in [1.165, 1.54) is 0 Å². The topological polar surface area (TPSA) is 78.6 Å². The Kier molecular flexibility index (Phi) is 7.36. The van der Waals surface area contributed by atoms with Crippen molar-refractivity contribution in [3.63, 3.8) is 0 Å². The smallest absolute Gasteiger partial charge is 0.223 e. The van der Waals surface area contributed by atoms with E-state index < -0.39 is 6.10 Å². The number of carbonyl (C=O) groups is 1. The predicted octanol–water partition coefficient (Wildman–Crippen LogP) is 0.231. The molecule has 0 saturated heterocycles. The van der Waals surface area contributed by atoms with Crippen molar-refractivity contribution in [1.29, 1.82) is 0 Å². The van der Waals surface area contributed by atoms with E-state index in [1.807, 2.05) is 49.2 Å². The molecule has 0 radical (unpaired) electrons. The summed E-state index contributed by atoms with van der Waals surface area (Å²) in [6, 6.07) is 9.58. The Balaban J connectivity index is 2.41. The molecule has 1 aromatic rings. The highest BCUT2D eigenvalue weighted by molar-refractivity contribution is 5.78. The molecular weight excluding hydrogens is 266 g/mol. The van der Waals surface area contributed by atoms with Gasteiger partial charge in [0.1, 0.15) is 0 Å². The van der Waals surface area contributed by atoms with Gasteiger partial charge in [-0.3, -0.25) is 4.79 Å². The second kappa shape index (κ2) is 8.77. The van der Waals surface area contributed by atoms with Crippen molar-refractivity contribution >= 4 is 5.91 Å². The van der Waals surface area contributed by atoms with Crippen molar-refractivity contribution in [2.75, 3.05) is 27.2 Å². The van der Waals surface area contributed by atoms with Gasteiger partial charge in [-0.1, -0.05) is 37.3 Å². The van der Waals surface area contributed by atoms with E-state index >= 15 is 0 Å². The fourth-order valence-electron chi connectivity index (χ4n) is 2.35. The van der Waals surface area contributed by atoms with Crippen LogP contribution >= 0.6 is 0 Å². The van der Waals surface area contributed by atoms with Gasteiger partial charge in [0.05, 0.1) is 6.10 Å². The summed E-state index contributed by atoms with van der Waals surface area (Å²) >= 11 is 0. The van der Waals surface area contributed by atoms with Crippen molar-refractivity contribution in [3.8, 4) is 0 Å². The molecule has 0 aliphatic heterocycles. The van der Waals surface area contributed by atoms with Crippen LogP contribution in [0.15, 0.2) is 30.3 Å². The highest BCUT2D eigenvalue weighted by Crippen LogP contribution is 2.06. The first-order valence-electron chi connectivity index (χ1n) is 7.31. The third-order valence-electron chi connectivity index (χ3n) is 3.59. The molecule has 3 atom stereocenters. The summed E-state index contributed by atoms with van der Waals surface area (Å²) in [6.07, 6.45) is 0.0213. The molecule has 1 aromatic carbocycles. The van der Waals surface area contributed by atoms with Crippen LogP contribution in [0.1, 0.15) is 12.5 Å². The van der Waals surface area contributed by atoms with Crippen LogP contribution in [0.3, 0.4) is 0 Å². The Morgan fingerprint density at radius 1 is 1.33 bits per heavy atom. The second-order valence-corrected chi connectivity index (χ2v) is 5.66. The minimum absolute atomic E-state index is 0.00456. The monoisotopic (exact) mass is 293 g/mol. The van der Waals surface area contributed by atoms with Gasteiger partial charge in [0.25, 0.3) is 0 Å². The van der Waals surface area contributed by atoms with Crippen molar-refractivity contribution in [2.24, 2.45) is 11.7 Å². The summed E-state index contributed by atoms with van der Waals surface area (Å²) in [5.41, 5.74) is 7.17. The number of likely N-dealkylation sites (N-methyl/N-ethyl adjacent to an activating group) is 1. The molecule has 0 aliphatic carbocycles. The number of amides is 1. The van der Waals surface area contributed by atoms with E-state index in [9.17, 15) is 9.90 Å². The van der Waals surface area contributed by atoms with E-state index in [4.69, 9.17) is 5.73 Å². The van der Waals surface area contributed by atoms with Crippen LogP contribution in [0.25, 0.3) is 0 Å². The summed E-state index contributed by atoms with van der Waals surface area (Å²) in [6.45, 7) is 2.91. The average Bonchev–Trinajstić information content (AvgIpc) is 2.47. The fraction of sp³-hybridized carbons (Fsp3) is 0.562. The van der Waals surface area contributed by atoms with Crippen molar-refractivity contribution in [3.05, 3.63) is 35.9 Å². The molecule has 0 fully saturated rings. The number of aliphatic hydroxyl groups excluding tert-OH is 1. The van der Waals surface area contributed by atoms with Gasteiger partial charge in [-0.05, 0) is 19.0 Å². The molecule has 3 unspecified atom stereocenters. The first-order valence-corrected chi connectivity index (χ1v) is 7.31. The number of hydrogen-bond acceptors (Lipinski definition) is 4. The molecule has 4 N–H and O–H groups in total. The van der Waals surface area contributed by atoms with Crippen molar-refractivity contribution < 1.29 is 9.90 Å². The van der Waals surface area contributed by atoms with Gasteiger partial charge in [0, 0.05) is 32.1 Å². The molecule has 21 heavy (non-hydrogen) atoms. The first kappa shape index (κ1) is 17.6. The van der Waals surface area contributed by atoms with Crippen LogP contribution in [0.5, 0.6) is 0 Å². The van der Waals surface area contributed by atoms with E-state index in [-0.39, 0.29) is 17.9 Å². The molecular formula is C16H27N3O2. The summed E-state index contributed by atoms with van der Waals surface area (Å²) in [4.78, 5) is 13.4. The van der Waals surface area contributed by atoms with Crippen LogP contribution < -0.4 is 11.1 Å². The highest BCUT2D eigenvalue weighted by Gasteiger charge is 2.20. The zero-order chi connectivity index (χ0) is 15.8. The molecule has 0 spiro atoms. The first-order chi connectivity index (χ1) is 9.93.